The van der Waals surface area contributed by atoms with Gasteiger partial charge in [0.25, 0.3) is 0 Å². The van der Waals surface area contributed by atoms with Crippen LogP contribution in [0, 0.1) is 5.92 Å². The van der Waals surface area contributed by atoms with Crippen molar-refractivity contribution in [3.63, 3.8) is 0 Å². The Morgan fingerprint density at radius 3 is 2.84 bits per heavy atom. The van der Waals surface area contributed by atoms with Crippen LogP contribution < -0.4 is 5.32 Å². The number of nitrogens with zero attached hydrogens (tertiary/aromatic N) is 1. The molecule has 1 aliphatic heterocycles. The molecule has 0 spiro atoms. The zero-order valence-electron chi connectivity index (χ0n) is 14.9. The average molecular weight is 376 g/mol. The monoisotopic (exact) mass is 375 g/mol. The third-order valence-electron chi connectivity index (χ3n) is 5.09. The Hall–Kier alpha value is -1.13. The highest BCUT2D eigenvalue weighted by molar-refractivity contribution is 8.14. The van der Waals surface area contributed by atoms with Crippen LogP contribution in [0.1, 0.15) is 51.6 Å². The molecule has 1 aromatic heterocycles. The molecular weight excluding hydrogens is 350 g/mol. The van der Waals surface area contributed by atoms with E-state index in [1.165, 1.54) is 31.1 Å². The summed E-state index contributed by atoms with van der Waals surface area (Å²) in [6.07, 6.45) is 6.31. The smallest absolute Gasteiger partial charge is 0.114 e. The van der Waals surface area contributed by atoms with Crippen molar-refractivity contribution in [2.24, 2.45) is 10.9 Å². The molecule has 0 amide bonds. The summed E-state index contributed by atoms with van der Waals surface area (Å²) in [6, 6.07) is 7.31. The fraction of sp³-hybridized carbons (Fsp3) is 0.550. The van der Waals surface area contributed by atoms with Gasteiger partial charge in [0.15, 0.2) is 0 Å². The average Bonchev–Trinajstić information content (AvgIpc) is 3.26. The lowest BCUT2D eigenvalue weighted by Crippen LogP contribution is -2.14. The van der Waals surface area contributed by atoms with Crippen LogP contribution in [0.2, 0.25) is 5.02 Å². The highest BCUT2D eigenvalue weighted by Gasteiger charge is 2.22. The van der Waals surface area contributed by atoms with Gasteiger partial charge in [0.1, 0.15) is 5.04 Å². The molecule has 25 heavy (non-hydrogen) atoms. The molecular formula is C20H26ClN3S. The van der Waals surface area contributed by atoms with Gasteiger partial charge >= 0.3 is 0 Å². The number of fused-ring (bicyclic) bond motifs is 1. The van der Waals surface area contributed by atoms with Gasteiger partial charge in [-0.3, -0.25) is 4.99 Å². The molecule has 2 heterocycles. The molecule has 0 saturated heterocycles. The summed E-state index contributed by atoms with van der Waals surface area (Å²) in [5, 5.41) is 6.80. The number of hydrogen-bond donors (Lipinski definition) is 2. The van der Waals surface area contributed by atoms with Gasteiger partial charge in [-0.05, 0) is 43.4 Å². The van der Waals surface area contributed by atoms with E-state index >= 15 is 0 Å². The molecule has 1 atom stereocenters. The van der Waals surface area contributed by atoms with Crippen LogP contribution in [0.3, 0.4) is 0 Å². The van der Waals surface area contributed by atoms with Gasteiger partial charge in [0, 0.05) is 22.2 Å². The molecule has 2 N–H and O–H groups in total. The van der Waals surface area contributed by atoms with Crippen molar-refractivity contribution in [3.05, 3.63) is 28.9 Å². The second kappa shape index (κ2) is 7.24. The first-order chi connectivity index (χ1) is 12.1. The number of aromatic nitrogens is 1. The molecule has 1 saturated carbocycles. The summed E-state index contributed by atoms with van der Waals surface area (Å²) in [5.74, 6) is 1.79. The number of aliphatic imine (C=N–C) groups is 1. The second-order valence-electron chi connectivity index (χ2n) is 7.75. The van der Waals surface area contributed by atoms with E-state index in [9.17, 15) is 0 Å². The van der Waals surface area contributed by atoms with Crippen LogP contribution in [0.15, 0.2) is 23.2 Å². The lowest BCUT2D eigenvalue weighted by atomic mass is 10.1. The van der Waals surface area contributed by atoms with Crippen molar-refractivity contribution >= 4 is 45.0 Å². The quantitative estimate of drug-likeness (QED) is 0.664. The summed E-state index contributed by atoms with van der Waals surface area (Å²) >= 11 is 8.24. The SMILES string of the molecule is CC(C)C[C@@H]1CSC(c2cc3cc(Cl)cc(NC4CCCC4)c3[nH]2)=N1. The van der Waals surface area contributed by atoms with E-state index in [-0.39, 0.29) is 0 Å². The highest BCUT2D eigenvalue weighted by atomic mass is 35.5. The number of nitrogens with one attached hydrogen (secondary N) is 2. The Labute approximate surface area is 159 Å². The molecule has 0 unspecified atom stereocenters. The molecule has 0 bridgehead atoms. The molecule has 5 heteroatoms. The molecule has 4 rings (SSSR count). The number of hydrogen-bond acceptors (Lipinski definition) is 3. The van der Waals surface area contributed by atoms with Gasteiger partial charge in [-0.2, -0.15) is 0 Å². The van der Waals surface area contributed by atoms with Crippen LogP contribution in [0.25, 0.3) is 10.9 Å². The van der Waals surface area contributed by atoms with Gasteiger partial charge in [0.2, 0.25) is 0 Å². The van der Waals surface area contributed by atoms with E-state index in [0.717, 1.165) is 39.1 Å². The second-order valence-corrected chi connectivity index (χ2v) is 9.20. The van der Waals surface area contributed by atoms with E-state index in [2.05, 4.69) is 30.2 Å². The molecule has 3 nitrogen and oxygen atoms in total. The summed E-state index contributed by atoms with van der Waals surface area (Å²) in [4.78, 5) is 8.55. The van der Waals surface area contributed by atoms with Gasteiger partial charge in [0.05, 0.1) is 22.9 Å². The summed E-state index contributed by atoms with van der Waals surface area (Å²) < 4.78 is 0. The van der Waals surface area contributed by atoms with Crippen LogP contribution in [0.4, 0.5) is 5.69 Å². The van der Waals surface area contributed by atoms with Crippen molar-refractivity contribution in [3.8, 4) is 0 Å². The fourth-order valence-corrected chi connectivity index (χ4v) is 5.23. The number of aromatic amines is 1. The first kappa shape index (κ1) is 17.3. The lowest BCUT2D eigenvalue weighted by Gasteiger charge is -2.14. The van der Waals surface area contributed by atoms with Crippen LogP contribution >= 0.6 is 23.4 Å². The molecule has 0 radical (unpaired) electrons. The normalized spacial score (nSPS) is 21.4. The summed E-state index contributed by atoms with van der Waals surface area (Å²) in [6.45, 7) is 4.54. The molecule has 134 valence electrons. The first-order valence-electron chi connectivity index (χ1n) is 9.38. The topological polar surface area (TPSA) is 40.2 Å². The van der Waals surface area contributed by atoms with Crippen molar-refractivity contribution in [1.82, 2.24) is 4.98 Å². The van der Waals surface area contributed by atoms with Gasteiger partial charge in [-0.15, -0.1) is 11.8 Å². The lowest BCUT2D eigenvalue weighted by molar-refractivity contribution is 0.529. The number of H-pyrrole nitrogens is 1. The molecule has 1 aliphatic carbocycles. The first-order valence-corrected chi connectivity index (χ1v) is 10.7. The maximum atomic E-state index is 6.37. The fourth-order valence-electron chi connectivity index (χ4n) is 3.95. The van der Waals surface area contributed by atoms with Crippen LogP contribution in [-0.2, 0) is 0 Å². The van der Waals surface area contributed by atoms with Crippen molar-refractivity contribution < 1.29 is 0 Å². The maximum absolute atomic E-state index is 6.37. The molecule has 2 aliphatic rings. The zero-order chi connectivity index (χ0) is 17.4. The van der Waals surface area contributed by atoms with E-state index in [1.54, 1.807) is 0 Å². The van der Waals surface area contributed by atoms with E-state index in [0.29, 0.717) is 18.0 Å². The standard InChI is InChI=1S/C20H26ClN3S/c1-12(2)7-16-11-25-20(23-16)18-9-13-8-14(21)10-17(19(13)24-18)22-15-5-3-4-6-15/h8-10,12,15-16,22,24H,3-7,11H2,1-2H3/t16-/m1/s1. The Balaban J connectivity index is 1.63. The minimum absolute atomic E-state index is 0.450. The van der Waals surface area contributed by atoms with Crippen molar-refractivity contribution in [1.29, 1.82) is 0 Å². The predicted octanol–water partition coefficient (Wildman–Crippen LogP) is 6.08. The van der Waals surface area contributed by atoms with Crippen molar-refractivity contribution in [2.75, 3.05) is 11.1 Å². The third kappa shape index (κ3) is 3.85. The van der Waals surface area contributed by atoms with E-state index in [4.69, 9.17) is 16.6 Å². The Morgan fingerprint density at radius 2 is 2.08 bits per heavy atom. The van der Waals surface area contributed by atoms with Crippen molar-refractivity contribution in [2.45, 2.75) is 58.0 Å². The largest absolute Gasteiger partial charge is 0.381 e. The van der Waals surface area contributed by atoms with Crippen LogP contribution in [-0.4, -0.2) is 27.9 Å². The third-order valence-corrected chi connectivity index (χ3v) is 6.46. The Bertz CT molecular complexity index is 790. The van der Waals surface area contributed by atoms with Gasteiger partial charge < -0.3 is 10.3 Å². The van der Waals surface area contributed by atoms with E-state index < -0.39 is 0 Å². The molecule has 1 aromatic carbocycles. The molecule has 2 aromatic rings. The Morgan fingerprint density at radius 1 is 1.28 bits per heavy atom. The van der Waals surface area contributed by atoms with Gasteiger partial charge in [-0.1, -0.05) is 38.3 Å². The minimum atomic E-state index is 0.450. The number of thioether (sulfide) groups is 1. The van der Waals surface area contributed by atoms with E-state index in [1.807, 2.05) is 23.9 Å². The Kier molecular flexibility index (Phi) is 5.01. The maximum Gasteiger partial charge on any atom is 0.114 e. The summed E-state index contributed by atoms with van der Waals surface area (Å²) in [7, 11) is 0. The number of benzene rings is 1. The zero-order valence-corrected chi connectivity index (χ0v) is 16.5. The highest BCUT2D eigenvalue weighted by Crippen LogP contribution is 2.34. The van der Waals surface area contributed by atoms with Crippen LogP contribution in [0.5, 0.6) is 0 Å². The predicted molar refractivity (Wildman–Crippen MR) is 111 cm³/mol. The number of halogens is 1. The number of anilines is 1. The number of rotatable bonds is 5. The molecule has 1 fully saturated rings. The van der Waals surface area contributed by atoms with Gasteiger partial charge in [-0.25, -0.2) is 0 Å². The minimum Gasteiger partial charge on any atom is -0.381 e. The summed E-state index contributed by atoms with van der Waals surface area (Å²) in [5.41, 5.74) is 3.41.